The molecule has 0 saturated heterocycles. The first-order valence-electron chi connectivity index (χ1n) is 15.0. The highest BCUT2D eigenvalue weighted by atomic mass is 16.6. The molecule has 2 aromatic carbocycles. The Morgan fingerprint density at radius 1 is 1.07 bits per heavy atom. The molecule has 0 aliphatic heterocycles. The van der Waals surface area contributed by atoms with Crippen LogP contribution in [0.2, 0.25) is 0 Å². The van der Waals surface area contributed by atoms with Crippen LogP contribution in [0.5, 0.6) is 5.75 Å². The van der Waals surface area contributed by atoms with Gasteiger partial charge in [0.1, 0.15) is 17.5 Å². The zero-order chi connectivity index (χ0) is 32.7. The third-order valence-corrected chi connectivity index (χ3v) is 7.57. The number of nitrogens with zero attached hydrogens (tertiary/aromatic N) is 2. The lowest BCUT2D eigenvalue weighted by atomic mass is 10.0. The van der Waals surface area contributed by atoms with E-state index >= 15 is 0 Å². The van der Waals surface area contributed by atoms with Crippen molar-refractivity contribution in [3.05, 3.63) is 98.3 Å². The average Bonchev–Trinajstić information content (AvgIpc) is 3.26. The van der Waals surface area contributed by atoms with E-state index in [2.05, 4.69) is 10.3 Å². The van der Waals surface area contributed by atoms with Gasteiger partial charge in [0.15, 0.2) is 0 Å². The summed E-state index contributed by atoms with van der Waals surface area (Å²) in [6.45, 7) is 7.96. The fourth-order valence-corrected chi connectivity index (χ4v) is 5.36. The Morgan fingerprint density at radius 3 is 2.51 bits per heavy atom. The first-order valence-corrected chi connectivity index (χ1v) is 15.0. The van der Waals surface area contributed by atoms with E-state index in [4.69, 9.17) is 9.47 Å². The molecule has 3 aromatic rings. The Kier molecular flexibility index (Phi) is 10.8. The predicted octanol–water partition coefficient (Wildman–Crippen LogP) is 2.76. The molecule has 1 aliphatic carbocycles. The number of aromatic amines is 1. The van der Waals surface area contributed by atoms with Gasteiger partial charge in [0, 0.05) is 42.9 Å². The van der Waals surface area contributed by atoms with E-state index in [-0.39, 0.29) is 25.4 Å². The van der Waals surface area contributed by atoms with Gasteiger partial charge in [-0.25, -0.2) is 9.59 Å². The van der Waals surface area contributed by atoms with Crippen LogP contribution in [-0.4, -0.2) is 74.2 Å². The summed E-state index contributed by atoms with van der Waals surface area (Å²) in [4.78, 5) is 54.0. The van der Waals surface area contributed by atoms with Crippen LogP contribution in [-0.2, 0) is 11.3 Å². The van der Waals surface area contributed by atoms with Gasteiger partial charge in [-0.15, -0.1) is 0 Å². The molecular weight excluding hydrogens is 580 g/mol. The van der Waals surface area contributed by atoms with Crippen LogP contribution in [0.25, 0.3) is 0 Å². The molecule has 12 heteroatoms. The Balaban J connectivity index is 1.45. The highest BCUT2D eigenvalue weighted by molar-refractivity contribution is 5.94. The number of H-pyrrole nitrogens is 1. The number of hydrogen-bond donors (Lipinski definition) is 4. The van der Waals surface area contributed by atoms with Gasteiger partial charge in [-0.1, -0.05) is 36.4 Å². The number of ether oxygens (including phenoxy) is 2. The van der Waals surface area contributed by atoms with Gasteiger partial charge in [0.05, 0.1) is 18.8 Å². The molecule has 1 aliphatic rings. The lowest BCUT2D eigenvalue weighted by molar-refractivity contribution is -0.000574. The van der Waals surface area contributed by atoms with Crippen molar-refractivity contribution in [3.8, 4) is 5.75 Å². The number of rotatable bonds is 11. The number of alkyl carbamates (subject to hydrolysis) is 1. The minimum Gasteiger partial charge on any atom is -0.494 e. The summed E-state index contributed by atoms with van der Waals surface area (Å²) in [6.07, 6.45) is -0.848. The largest absolute Gasteiger partial charge is 0.494 e. The number of amides is 2. The molecule has 45 heavy (non-hydrogen) atoms. The van der Waals surface area contributed by atoms with Crippen molar-refractivity contribution in [1.29, 1.82) is 0 Å². The van der Waals surface area contributed by atoms with Crippen molar-refractivity contribution in [1.82, 2.24) is 19.8 Å². The summed E-state index contributed by atoms with van der Waals surface area (Å²) in [6, 6.07) is 15.4. The Hall–Kier alpha value is -4.42. The van der Waals surface area contributed by atoms with Crippen LogP contribution in [0.3, 0.4) is 0 Å². The Labute approximate surface area is 261 Å². The summed E-state index contributed by atoms with van der Waals surface area (Å²) in [5.41, 5.74) is -0.190. The van der Waals surface area contributed by atoms with Gasteiger partial charge in [-0.2, -0.15) is 0 Å². The fourth-order valence-electron chi connectivity index (χ4n) is 5.36. The fraction of sp³-hybridized carbons (Fsp3) is 0.455. The molecule has 1 aromatic heterocycles. The molecule has 0 radical (unpaired) electrons. The molecule has 1 saturated carbocycles. The summed E-state index contributed by atoms with van der Waals surface area (Å²) < 4.78 is 12.3. The number of aliphatic hydroxyl groups excluding tert-OH is 2. The molecule has 4 N–H and O–H groups in total. The second-order valence-electron chi connectivity index (χ2n) is 12.4. The van der Waals surface area contributed by atoms with Crippen molar-refractivity contribution in [2.75, 3.05) is 19.7 Å². The van der Waals surface area contributed by atoms with Crippen LogP contribution < -0.4 is 21.3 Å². The topological polar surface area (TPSA) is 163 Å². The molecule has 0 bridgehead atoms. The van der Waals surface area contributed by atoms with Crippen LogP contribution in [0, 0.1) is 12.8 Å². The van der Waals surface area contributed by atoms with E-state index in [0.717, 1.165) is 5.56 Å². The number of aromatic nitrogens is 2. The number of nitrogens with one attached hydrogen (secondary N) is 2. The van der Waals surface area contributed by atoms with Gasteiger partial charge in [0.2, 0.25) is 0 Å². The van der Waals surface area contributed by atoms with Gasteiger partial charge >= 0.3 is 11.8 Å². The van der Waals surface area contributed by atoms with Crippen molar-refractivity contribution in [2.24, 2.45) is 5.92 Å². The van der Waals surface area contributed by atoms with Crippen LogP contribution in [0.4, 0.5) is 4.79 Å². The van der Waals surface area contributed by atoms with Crippen molar-refractivity contribution in [3.63, 3.8) is 0 Å². The van der Waals surface area contributed by atoms with E-state index in [0.29, 0.717) is 36.4 Å². The monoisotopic (exact) mass is 622 g/mol. The van der Waals surface area contributed by atoms with E-state index in [1.165, 1.54) is 10.8 Å². The molecule has 242 valence electrons. The maximum Gasteiger partial charge on any atom is 0.407 e. The van der Waals surface area contributed by atoms with Crippen LogP contribution >= 0.6 is 0 Å². The summed E-state index contributed by atoms with van der Waals surface area (Å²) in [7, 11) is 0. The number of carbonyl (C=O) groups is 2. The maximum absolute atomic E-state index is 13.9. The Morgan fingerprint density at radius 2 is 1.80 bits per heavy atom. The van der Waals surface area contributed by atoms with E-state index in [9.17, 15) is 29.4 Å². The van der Waals surface area contributed by atoms with Gasteiger partial charge < -0.3 is 29.9 Å². The first kappa shape index (κ1) is 33.5. The third kappa shape index (κ3) is 9.05. The molecule has 4 atom stereocenters. The van der Waals surface area contributed by atoms with Crippen molar-refractivity contribution in [2.45, 2.75) is 70.9 Å². The van der Waals surface area contributed by atoms with Crippen LogP contribution in [0.1, 0.15) is 61.1 Å². The first-order chi connectivity index (χ1) is 21.3. The lowest BCUT2D eigenvalue weighted by Gasteiger charge is -2.28. The van der Waals surface area contributed by atoms with Crippen LogP contribution in [0.15, 0.2) is 70.4 Å². The number of benzene rings is 2. The molecule has 12 nitrogen and oxygen atoms in total. The quantitative estimate of drug-likeness (QED) is 0.237. The summed E-state index contributed by atoms with van der Waals surface area (Å²) in [5.74, 6) is -0.353. The highest BCUT2D eigenvalue weighted by Crippen LogP contribution is 2.35. The smallest absolute Gasteiger partial charge is 0.407 e. The van der Waals surface area contributed by atoms with Gasteiger partial charge in [-0.3, -0.25) is 19.1 Å². The molecule has 1 fully saturated rings. The minimum atomic E-state index is -1.27. The second-order valence-corrected chi connectivity index (χ2v) is 12.4. The summed E-state index contributed by atoms with van der Waals surface area (Å²) in [5, 5.41) is 24.6. The highest BCUT2D eigenvalue weighted by Gasteiger charge is 2.44. The molecule has 2 amide bonds. The number of carbonyl (C=O) groups excluding carboxylic acids is 2. The number of aliphatic hydroxyl groups is 2. The summed E-state index contributed by atoms with van der Waals surface area (Å²) >= 11 is 0. The van der Waals surface area contributed by atoms with Crippen molar-refractivity contribution >= 4 is 12.0 Å². The molecule has 1 heterocycles. The standard InChI is InChI=1S/C33H42N4O8/c1-21-18-37(31(42)35-29(21)40)26-17-24(27(38)28(26)39)20-36(19-22-10-6-5-7-11-22)30(41)23-12-8-13-25(16-23)44-15-9-14-34-32(43)45-33(2,3)4/h5-8,10-13,16,18,24,26-28,38-39H,9,14-15,17,19-20H2,1-4H3,(H,34,43)(H,35,40,42)/t24-,26+,27+,28+/m0/s1. The maximum atomic E-state index is 13.9. The van der Waals surface area contributed by atoms with Gasteiger partial charge in [-0.05, 0) is 64.3 Å². The minimum absolute atomic E-state index is 0.112. The van der Waals surface area contributed by atoms with Gasteiger partial charge in [0.25, 0.3) is 11.5 Å². The van der Waals surface area contributed by atoms with E-state index < -0.39 is 47.1 Å². The predicted molar refractivity (Wildman–Crippen MR) is 167 cm³/mol. The zero-order valence-corrected chi connectivity index (χ0v) is 26.1. The zero-order valence-electron chi connectivity index (χ0n) is 26.1. The van der Waals surface area contributed by atoms with E-state index in [1.54, 1.807) is 56.9 Å². The lowest BCUT2D eigenvalue weighted by Crippen LogP contribution is -2.39. The number of aryl methyl sites for hydroxylation is 1. The SMILES string of the molecule is Cc1cn([C@@H]2C[C@@H](CN(Cc3ccccc3)C(=O)c3cccc(OCCCNC(=O)OC(C)(C)C)c3)[C@@H](O)[C@@H]2O)c(=O)[nH]c1=O. The van der Waals surface area contributed by atoms with E-state index in [1.807, 2.05) is 30.3 Å². The van der Waals surface area contributed by atoms with Crippen molar-refractivity contribution < 1.29 is 29.3 Å². The second kappa shape index (κ2) is 14.6. The average molecular weight is 623 g/mol. The molecular formula is C33H42N4O8. The number of hydrogen-bond acceptors (Lipinski definition) is 8. The molecule has 0 spiro atoms. The normalized spacial score (nSPS) is 19.6. The molecule has 0 unspecified atom stereocenters. The molecule has 4 rings (SSSR count). The Bertz CT molecular complexity index is 1580. The third-order valence-electron chi connectivity index (χ3n) is 7.57.